The fourth-order valence-electron chi connectivity index (χ4n) is 1.78. The first-order chi connectivity index (χ1) is 9.20. The van der Waals surface area contributed by atoms with Crippen molar-refractivity contribution in [1.82, 2.24) is 5.32 Å². The van der Waals surface area contributed by atoms with E-state index in [1.807, 2.05) is 37.3 Å². The number of hydrogen-bond donors (Lipinski definition) is 2. The molecular formula is C16H27NO2. The van der Waals surface area contributed by atoms with Crippen LogP contribution in [0.4, 0.5) is 4.79 Å². The topological polar surface area (TPSA) is 49.3 Å². The van der Waals surface area contributed by atoms with Crippen LogP contribution in [0.3, 0.4) is 0 Å². The summed E-state index contributed by atoms with van der Waals surface area (Å²) in [5.74, 6) is 0.281. The van der Waals surface area contributed by atoms with Crippen LogP contribution in [0.15, 0.2) is 36.5 Å². The third-order valence-electron chi connectivity index (χ3n) is 2.85. The van der Waals surface area contributed by atoms with Crippen LogP contribution in [-0.2, 0) is 0 Å². The molecule has 1 atom stereocenters. The van der Waals surface area contributed by atoms with Gasteiger partial charge in [0.05, 0.1) is 0 Å². The lowest BCUT2D eigenvalue weighted by molar-refractivity contribution is 0.193. The Morgan fingerprint density at radius 3 is 2.53 bits per heavy atom. The van der Waals surface area contributed by atoms with Gasteiger partial charge in [-0.25, -0.2) is 4.79 Å². The van der Waals surface area contributed by atoms with E-state index in [-0.39, 0.29) is 5.92 Å². The Bertz CT molecular complexity index is 306. The van der Waals surface area contributed by atoms with Crippen molar-refractivity contribution in [2.45, 2.75) is 46.0 Å². The van der Waals surface area contributed by atoms with Crippen LogP contribution < -0.4 is 5.32 Å². The largest absolute Gasteiger partial charge is 0.465 e. The van der Waals surface area contributed by atoms with E-state index in [2.05, 4.69) is 18.3 Å². The van der Waals surface area contributed by atoms with E-state index in [1.54, 1.807) is 0 Å². The molecule has 0 heterocycles. The quantitative estimate of drug-likeness (QED) is 0.450. The van der Waals surface area contributed by atoms with Crippen molar-refractivity contribution >= 4 is 6.09 Å². The number of carbonyl (C=O) groups is 1. The van der Waals surface area contributed by atoms with Crippen molar-refractivity contribution in [2.75, 3.05) is 6.54 Å². The molecule has 0 fully saturated rings. The third-order valence-corrected chi connectivity index (χ3v) is 2.85. The van der Waals surface area contributed by atoms with Crippen molar-refractivity contribution in [1.29, 1.82) is 0 Å². The molecule has 3 heteroatoms. The maximum atomic E-state index is 10.5. The maximum absolute atomic E-state index is 10.5. The highest BCUT2D eigenvalue weighted by Crippen LogP contribution is 2.12. The molecule has 3 nitrogen and oxygen atoms in total. The second-order valence-electron chi connectivity index (χ2n) is 4.59. The molecule has 1 amide bonds. The van der Waals surface area contributed by atoms with E-state index in [0.717, 1.165) is 12.8 Å². The number of allylic oxidation sites excluding steroid dienone is 5. The van der Waals surface area contributed by atoms with Crippen molar-refractivity contribution in [3.8, 4) is 0 Å². The Balaban J connectivity index is 4.11. The molecular weight excluding hydrogens is 238 g/mol. The average Bonchev–Trinajstić information content (AvgIpc) is 2.39. The van der Waals surface area contributed by atoms with Crippen LogP contribution in [-0.4, -0.2) is 17.7 Å². The van der Waals surface area contributed by atoms with Crippen molar-refractivity contribution in [2.24, 2.45) is 5.92 Å². The fraction of sp³-hybridized carbons (Fsp3) is 0.562. The highest BCUT2D eigenvalue weighted by molar-refractivity contribution is 5.64. The number of rotatable bonds is 10. The molecule has 0 aromatic rings. The van der Waals surface area contributed by atoms with Crippen LogP contribution in [0, 0.1) is 5.92 Å². The van der Waals surface area contributed by atoms with Gasteiger partial charge in [0, 0.05) is 6.54 Å². The van der Waals surface area contributed by atoms with E-state index in [0.29, 0.717) is 6.54 Å². The van der Waals surface area contributed by atoms with Crippen LogP contribution in [0.1, 0.15) is 46.0 Å². The molecule has 0 aliphatic heterocycles. The van der Waals surface area contributed by atoms with E-state index in [4.69, 9.17) is 5.11 Å². The first-order valence-electron chi connectivity index (χ1n) is 7.13. The molecule has 0 bridgehead atoms. The second kappa shape index (κ2) is 12.9. The predicted molar refractivity (Wildman–Crippen MR) is 81.4 cm³/mol. The zero-order chi connectivity index (χ0) is 14.3. The van der Waals surface area contributed by atoms with Gasteiger partial charge in [0.1, 0.15) is 0 Å². The number of unbranched alkanes of at least 4 members (excludes halogenated alkanes) is 3. The van der Waals surface area contributed by atoms with Crippen LogP contribution >= 0.6 is 0 Å². The highest BCUT2D eigenvalue weighted by Gasteiger charge is 2.05. The molecule has 0 aliphatic carbocycles. The normalized spacial score (nSPS) is 13.6. The molecule has 0 aromatic heterocycles. The first-order valence-corrected chi connectivity index (χ1v) is 7.13. The van der Waals surface area contributed by atoms with E-state index in [1.165, 1.54) is 19.3 Å². The minimum atomic E-state index is -0.948. The number of amides is 1. The summed E-state index contributed by atoms with van der Waals surface area (Å²) in [5, 5.41) is 11.1. The van der Waals surface area contributed by atoms with Crippen LogP contribution in [0.25, 0.3) is 0 Å². The first kappa shape index (κ1) is 17.5. The van der Waals surface area contributed by atoms with Crippen molar-refractivity contribution < 1.29 is 9.90 Å². The summed E-state index contributed by atoms with van der Waals surface area (Å²) in [6, 6.07) is 0. The second-order valence-corrected chi connectivity index (χ2v) is 4.59. The molecule has 108 valence electrons. The summed E-state index contributed by atoms with van der Waals surface area (Å²) < 4.78 is 0. The SMILES string of the molecule is CC=CC=CC=CC(CCCCCC)CNC(=O)O. The molecule has 0 rings (SSSR count). The molecule has 0 aromatic carbocycles. The molecule has 0 spiro atoms. The lowest BCUT2D eigenvalue weighted by atomic mass is 10.00. The molecule has 19 heavy (non-hydrogen) atoms. The Kier molecular flexibility index (Phi) is 11.9. The maximum Gasteiger partial charge on any atom is 0.404 e. The van der Waals surface area contributed by atoms with Gasteiger partial charge in [-0.05, 0) is 19.3 Å². The average molecular weight is 265 g/mol. The van der Waals surface area contributed by atoms with Gasteiger partial charge in [-0.15, -0.1) is 0 Å². The Labute approximate surface area is 117 Å². The molecule has 0 saturated carbocycles. The minimum Gasteiger partial charge on any atom is -0.465 e. The molecule has 2 N–H and O–H groups in total. The zero-order valence-electron chi connectivity index (χ0n) is 12.1. The molecule has 0 radical (unpaired) electrons. The van der Waals surface area contributed by atoms with Gasteiger partial charge < -0.3 is 10.4 Å². The van der Waals surface area contributed by atoms with Gasteiger partial charge in [0.25, 0.3) is 0 Å². The van der Waals surface area contributed by atoms with Crippen LogP contribution in [0.2, 0.25) is 0 Å². The molecule has 0 aliphatic rings. The Morgan fingerprint density at radius 2 is 1.89 bits per heavy atom. The fourth-order valence-corrected chi connectivity index (χ4v) is 1.78. The van der Waals surface area contributed by atoms with Gasteiger partial charge in [-0.3, -0.25) is 0 Å². The van der Waals surface area contributed by atoms with Crippen molar-refractivity contribution in [3.05, 3.63) is 36.5 Å². The van der Waals surface area contributed by atoms with Gasteiger partial charge in [-0.2, -0.15) is 0 Å². The molecule has 0 saturated heterocycles. The highest BCUT2D eigenvalue weighted by atomic mass is 16.4. The van der Waals surface area contributed by atoms with E-state index < -0.39 is 6.09 Å². The third kappa shape index (κ3) is 12.7. The van der Waals surface area contributed by atoms with Gasteiger partial charge in [-0.1, -0.05) is 69.1 Å². The number of hydrogen-bond acceptors (Lipinski definition) is 1. The predicted octanol–water partition coefficient (Wildman–Crippen LogP) is 4.53. The lowest BCUT2D eigenvalue weighted by Crippen LogP contribution is -2.26. The van der Waals surface area contributed by atoms with Gasteiger partial charge >= 0.3 is 6.09 Å². The monoisotopic (exact) mass is 265 g/mol. The van der Waals surface area contributed by atoms with Gasteiger partial charge in [0.15, 0.2) is 0 Å². The standard InChI is InChI=1S/C16H27NO2/c1-3-5-7-9-11-13-15(14-17-16(18)19)12-10-8-6-4-2/h3,5,7,9,11,13,15,17H,4,6,8,10,12,14H2,1-2H3,(H,18,19). The zero-order valence-corrected chi connectivity index (χ0v) is 12.1. The summed E-state index contributed by atoms with van der Waals surface area (Å²) >= 11 is 0. The Morgan fingerprint density at radius 1 is 1.16 bits per heavy atom. The summed E-state index contributed by atoms with van der Waals surface area (Å²) in [5.41, 5.74) is 0. The smallest absolute Gasteiger partial charge is 0.404 e. The van der Waals surface area contributed by atoms with Crippen LogP contribution in [0.5, 0.6) is 0 Å². The summed E-state index contributed by atoms with van der Waals surface area (Å²) in [6.45, 7) is 4.66. The number of carboxylic acid groups (broad SMARTS) is 1. The van der Waals surface area contributed by atoms with E-state index >= 15 is 0 Å². The summed E-state index contributed by atoms with van der Waals surface area (Å²) in [6.07, 6.45) is 16.9. The Hall–Kier alpha value is -1.51. The lowest BCUT2D eigenvalue weighted by Gasteiger charge is -2.12. The summed E-state index contributed by atoms with van der Waals surface area (Å²) in [7, 11) is 0. The van der Waals surface area contributed by atoms with Crippen molar-refractivity contribution in [3.63, 3.8) is 0 Å². The van der Waals surface area contributed by atoms with Gasteiger partial charge in [0.2, 0.25) is 0 Å². The number of nitrogens with one attached hydrogen (secondary N) is 1. The van der Waals surface area contributed by atoms with E-state index in [9.17, 15) is 4.79 Å². The molecule has 1 unspecified atom stereocenters. The summed E-state index contributed by atoms with van der Waals surface area (Å²) in [4.78, 5) is 10.5. The minimum absolute atomic E-state index is 0.281.